The van der Waals surface area contributed by atoms with E-state index in [0.29, 0.717) is 11.4 Å². The third-order valence-electron chi connectivity index (χ3n) is 3.20. The molecular formula is C16H14N4O. The molecule has 0 fully saturated rings. The highest BCUT2D eigenvalue weighted by molar-refractivity contribution is 6.04. The molecule has 1 amide bonds. The van der Waals surface area contributed by atoms with E-state index < -0.39 is 0 Å². The standard InChI is InChI=1S/C16H14N4O/c1-11-4-2-3-5-13(11)16(21)18-15-10-14(19-20-15)12-6-8-17-9-7-12/h2-10H,1H3,(H2,18,19,20,21). The molecule has 0 aliphatic heterocycles. The Hall–Kier alpha value is -2.95. The van der Waals surface area contributed by atoms with Crippen molar-refractivity contribution < 1.29 is 4.79 Å². The van der Waals surface area contributed by atoms with Gasteiger partial charge in [-0.2, -0.15) is 5.10 Å². The second kappa shape index (κ2) is 5.58. The van der Waals surface area contributed by atoms with Gasteiger partial charge < -0.3 is 5.32 Å². The highest BCUT2D eigenvalue weighted by Crippen LogP contribution is 2.19. The van der Waals surface area contributed by atoms with Gasteiger partial charge >= 0.3 is 0 Å². The van der Waals surface area contributed by atoms with Crippen LogP contribution in [0.2, 0.25) is 0 Å². The van der Waals surface area contributed by atoms with Crippen LogP contribution in [0, 0.1) is 6.92 Å². The fraction of sp³-hybridized carbons (Fsp3) is 0.0625. The molecule has 2 aromatic heterocycles. The van der Waals surface area contributed by atoms with Gasteiger partial charge in [-0.1, -0.05) is 18.2 Å². The van der Waals surface area contributed by atoms with E-state index >= 15 is 0 Å². The van der Waals surface area contributed by atoms with Crippen LogP contribution < -0.4 is 5.32 Å². The summed E-state index contributed by atoms with van der Waals surface area (Å²) in [6.07, 6.45) is 3.42. The molecule has 21 heavy (non-hydrogen) atoms. The summed E-state index contributed by atoms with van der Waals surface area (Å²) in [7, 11) is 0. The van der Waals surface area contributed by atoms with Crippen LogP contribution in [0.3, 0.4) is 0 Å². The number of aromatic amines is 1. The topological polar surface area (TPSA) is 70.7 Å². The van der Waals surface area contributed by atoms with Crippen molar-refractivity contribution in [1.29, 1.82) is 0 Å². The largest absolute Gasteiger partial charge is 0.305 e. The Labute approximate surface area is 122 Å². The molecule has 0 aliphatic rings. The Morgan fingerprint density at radius 1 is 1.14 bits per heavy atom. The number of rotatable bonds is 3. The zero-order chi connectivity index (χ0) is 14.7. The molecule has 0 atom stereocenters. The van der Waals surface area contributed by atoms with Crippen molar-refractivity contribution in [2.24, 2.45) is 0 Å². The van der Waals surface area contributed by atoms with Gasteiger partial charge in [0, 0.05) is 29.6 Å². The average molecular weight is 278 g/mol. The first-order valence-electron chi connectivity index (χ1n) is 6.57. The number of benzene rings is 1. The van der Waals surface area contributed by atoms with Gasteiger partial charge in [-0.05, 0) is 30.7 Å². The van der Waals surface area contributed by atoms with Crippen LogP contribution in [-0.2, 0) is 0 Å². The van der Waals surface area contributed by atoms with Crippen molar-refractivity contribution in [2.45, 2.75) is 6.92 Å². The molecule has 0 bridgehead atoms. The van der Waals surface area contributed by atoms with Gasteiger partial charge in [-0.25, -0.2) is 0 Å². The smallest absolute Gasteiger partial charge is 0.257 e. The lowest BCUT2D eigenvalue weighted by molar-refractivity contribution is 0.102. The molecule has 5 nitrogen and oxygen atoms in total. The maximum atomic E-state index is 12.2. The Morgan fingerprint density at radius 3 is 2.67 bits per heavy atom. The molecule has 3 aromatic rings. The summed E-state index contributed by atoms with van der Waals surface area (Å²) in [5.74, 6) is 0.330. The average Bonchev–Trinajstić information content (AvgIpc) is 2.97. The van der Waals surface area contributed by atoms with Gasteiger partial charge in [0.1, 0.15) is 0 Å². The minimum Gasteiger partial charge on any atom is -0.305 e. The number of nitrogens with one attached hydrogen (secondary N) is 2. The van der Waals surface area contributed by atoms with Crippen LogP contribution in [0.15, 0.2) is 54.9 Å². The van der Waals surface area contributed by atoms with E-state index in [4.69, 9.17) is 0 Å². The number of nitrogens with zero attached hydrogens (tertiary/aromatic N) is 2. The molecule has 0 spiro atoms. The number of pyridine rings is 1. The summed E-state index contributed by atoms with van der Waals surface area (Å²) in [6, 6.07) is 13.0. The summed E-state index contributed by atoms with van der Waals surface area (Å²) in [5.41, 5.74) is 3.37. The first-order chi connectivity index (χ1) is 10.2. The SMILES string of the molecule is Cc1ccccc1C(=O)Nc1cc(-c2ccncc2)[nH]n1. The van der Waals surface area contributed by atoms with Crippen molar-refractivity contribution >= 4 is 11.7 Å². The van der Waals surface area contributed by atoms with E-state index in [1.54, 1.807) is 24.5 Å². The van der Waals surface area contributed by atoms with Crippen molar-refractivity contribution in [3.05, 3.63) is 66.0 Å². The molecular weight excluding hydrogens is 264 g/mol. The first kappa shape index (κ1) is 13.1. The molecule has 5 heteroatoms. The molecule has 0 aliphatic carbocycles. The summed E-state index contributed by atoms with van der Waals surface area (Å²) >= 11 is 0. The fourth-order valence-corrected chi connectivity index (χ4v) is 2.08. The maximum absolute atomic E-state index is 12.2. The lowest BCUT2D eigenvalue weighted by Crippen LogP contribution is -2.13. The van der Waals surface area contributed by atoms with Gasteiger partial charge in [0.15, 0.2) is 5.82 Å². The van der Waals surface area contributed by atoms with E-state index in [1.165, 1.54) is 0 Å². The molecule has 104 valence electrons. The second-order valence-corrected chi connectivity index (χ2v) is 4.67. The fourth-order valence-electron chi connectivity index (χ4n) is 2.08. The minimum absolute atomic E-state index is 0.166. The number of hydrogen-bond donors (Lipinski definition) is 2. The monoisotopic (exact) mass is 278 g/mol. The van der Waals surface area contributed by atoms with Crippen LogP contribution in [0.1, 0.15) is 15.9 Å². The Morgan fingerprint density at radius 2 is 1.90 bits per heavy atom. The number of aryl methyl sites for hydroxylation is 1. The van der Waals surface area contributed by atoms with Crippen LogP contribution in [0.4, 0.5) is 5.82 Å². The van der Waals surface area contributed by atoms with E-state index in [0.717, 1.165) is 16.8 Å². The van der Waals surface area contributed by atoms with E-state index in [1.807, 2.05) is 37.3 Å². The highest BCUT2D eigenvalue weighted by Gasteiger charge is 2.11. The van der Waals surface area contributed by atoms with E-state index in [-0.39, 0.29) is 5.91 Å². The number of amides is 1. The van der Waals surface area contributed by atoms with Crippen LogP contribution in [0.25, 0.3) is 11.3 Å². The molecule has 0 saturated carbocycles. The number of anilines is 1. The van der Waals surface area contributed by atoms with Crippen molar-refractivity contribution in [3.63, 3.8) is 0 Å². The third-order valence-corrected chi connectivity index (χ3v) is 3.20. The summed E-state index contributed by atoms with van der Waals surface area (Å²) < 4.78 is 0. The minimum atomic E-state index is -0.166. The summed E-state index contributed by atoms with van der Waals surface area (Å²) in [6.45, 7) is 1.90. The normalized spacial score (nSPS) is 10.3. The van der Waals surface area contributed by atoms with Crippen molar-refractivity contribution in [2.75, 3.05) is 5.32 Å². The number of aromatic nitrogens is 3. The molecule has 0 unspecified atom stereocenters. The van der Waals surface area contributed by atoms with Gasteiger partial charge in [0.2, 0.25) is 0 Å². The number of carbonyl (C=O) groups is 1. The van der Waals surface area contributed by atoms with Crippen LogP contribution in [-0.4, -0.2) is 21.1 Å². The van der Waals surface area contributed by atoms with Crippen LogP contribution >= 0.6 is 0 Å². The van der Waals surface area contributed by atoms with Gasteiger partial charge in [-0.3, -0.25) is 14.9 Å². The molecule has 1 aromatic carbocycles. The summed E-state index contributed by atoms with van der Waals surface area (Å²) in [4.78, 5) is 16.2. The van der Waals surface area contributed by atoms with E-state index in [2.05, 4.69) is 20.5 Å². The lowest BCUT2D eigenvalue weighted by atomic mass is 10.1. The first-order valence-corrected chi connectivity index (χ1v) is 6.57. The third kappa shape index (κ3) is 2.81. The molecule has 2 heterocycles. The van der Waals surface area contributed by atoms with Crippen molar-refractivity contribution in [3.8, 4) is 11.3 Å². The van der Waals surface area contributed by atoms with Crippen LogP contribution in [0.5, 0.6) is 0 Å². The maximum Gasteiger partial charge on any atom is 0.257 e. The predicted octanol–water partition coefficient (Wildman–Crippen LogP) is 3.03. The Kier molecular flexibility index (Phi) is 3.47. The number of hydrogen-bond acceptors (Lipinski definition) is 3. The zero-order valence-corrected chi connectivity index (χ0v) is 11.5. The Balaban J connectivity index is 1.79. The highest BCUT2D eigenvalue weighted by atomic mass is 16.1. The van der Waals surface area contributed by atoms with Gasteiger partial charge in [-0.15, -0.1) is 0 Å². The molecule has 2 N–H and O–H groups in total. The summed E-state index contributed by atoms with van der Waals surface area (Å²) in [5, 5.41) is 9.80. The second-order valence-electron chi connectivity index (χ2n) is 4.67. The lowest BCUT2D eigenvalue weighted by Gasteiger charge is -2.04. The molecule has 0 saturated heterocycles. The van der Waals surface area contributed by atoms with Gasteiger partial charge in [0.05, 0.1) is 5.69 Å². The van der Waals surface area contributed by atoms with Crippen molar-refractivity contribution in [1.82, 2.24) is 15.2 Å². The number of carbonyl (C=O) groups excluding carboxylic acids is 1. The van der Waals surface area contributed by atoms with Gasteiger partial charge in [0.25, 0.3) is 5.91 Å². The molecule has 0 radical (unpaired) electrons. The predicted molar refractivity (Wildman–Crippen MR) is 81.0 cm³/mol. The quantitative estimate of drug-likeness (QED) is 0.773. The molecule has 3 rings (SSSR count). The Bertz CT molecular complexity index is 765. The van der Waals surface area contributed by atoms with E-state index in [9.17, 15) is 4.79 Å². The zero-order valence-electron chi connectivity index (χ0n) is 11.5. The number of H-pyrrole nitrogens is 1.